The predicted octanol–water partition coefficient (Wildman–Crippen LogP) is 1.93. The van der Waals surface area contributed by atoms with Crippen LogP contribution in [0.1, 0.15) is 51.4 Å². The van der Waals surface area contributed by atoms with Crippen LogP contribution in [0.5, 0.6) is 0 Å². The number of nitrogens with zero attached hydrogens (tertiary/aromatic N) is 1. The Morgan fingerprint density at radius 3 is 2.65 bits per heavy atom. The average molecular weight is 239 g/mol. The van der Waals surface area contributed by atoms with Gasteiger partial charge < -0.3 is 9.84 Å². The number of β-amino-alcohol motifs (C(OH)–C–C–N with tert-alkyl or cyclic N) is 1. The van der Waals surface area contributed by atoms with E-state index < -0.39 is 0 Å². The van der Waals surface area contributed by atoms with Gasteiger partial charge in [-0.25, -0.2) is 0 Å². The third-order valence-electron chi connectivity index (χ3n) is 4.81. The molecule has 17 heavy (non-hydrogen) atoms. The number of aliphatic hydroxyl groups excluding tert-OH is 1. The number of likely N-dealkylation sites (tertiary alicyclic amines) is 1. The summed E-state index contributed by atoms with van der Waals surface area (Å²) in [6.45, 7) is 2.94. The highest BCUT2D eigenvalue weighted by Gasteiger charge is 2.41. The lowest BCUT2D eigenvalue weighted by molar-refractivity contribution is -0.0708. The van der Waals surface area contributed by atoms with Crippen molar-refractivity contribution in [1.82, 2.24) is 4.90 Å². The Labute approximate surface area is 104 Å². The fraction of sp³-hybridized carbons (Fsp3) is 1.00. The maximum Gasteiger partial charge on any atom is 0.0710 e. The lowest BCUT2D eigenvalue weighted by Crippen LogP contribution is -2.36. The highest BCUT2D eigenvalue weighted by atomic mass is 16.5. The molecule has 0 aromatic rings. The predicted molar refractivity (Wildman–Crippen MR) is 67.0 cm³/mol. The lowest BCUT2D eigenvalue weighted by Gasteiger charge is -2.34. The number of ether oxygens (including phenoxy) is 1. The zero-order valence-electron chi connectivity index (χ0n) is 10.7. The van der Waals surface area contributed by atoms with Crippen molar-refractivity contribution in [3.8, 4) is 0 Å². The van der Waals surface area contributed by atoms with Crippen molar-refractivity contribution in [2.45, 2.75) is 69.2 Å². The summed E-state index contributed by atoms with van der Waals surface area (Å²) in [5.74, 6) is 0. The second kappa shape index (κ2) is 4.87. The first-order chi connectivity index (χ1) is 8.26. The Kier molecular flexibility index (Phi) is 3.42. The topological polar surface area (TPSA) is 32.7 Å². The fourth-order valence-corrected chi connectivity index (χ4v) is 3.85. The minimum Gasteiger partial charge on any atom is -0.392 e. The van der Waals surface area contributed by atoms with Gasteiger partial charge in [-0.1, -0.05) is 19.3 Å². The number of hydrogen-bond donors (Lipinski definition) is 1. The first-order valence-electron chi connectivity index (χ1n) is 7.34. The zero-order chi connectivity index (χ0) is 11.7. The van der Waals surface area contributed by atoms with E-state index in [0.29, 0.717) is 6.10 Å². The molecular formula is C14H25NO2. The highest BCUT2D eigenvalue weighted by molar-refractivity contribution is 4.92. The van der Waals surface area contributed by atoms with E-state index in [9.17, 15) is 5.11 Å². The number of aliphatic hydroxyl groups is 1. The molecule has 1 spiro atoms. The molecule has 0 bridgehead atoms. The molecule has 0 radical (unpaired) electrons. The summed E-state index contributed by atoms with van der Waals surface area (Å²) >= 11 is 0. The molecular weight excluding hydrogens is 214 g/mol. The molecule has 3 fully saturated rings. The fourth-order valence-electron chi connectivity index (χ4n) is 3.85. The molecule has 3 aliphatic rings. The summed E-state index contributed by atoms with van der Waals surface area (Å²) in [7, 11) is 0. The maximum absolute atomic E-state index is 9.53. The smallest absolute Gasteiger partial charge is 0.0710 e. The highest BCUT2D eigenvalue weighted by Crippen LogP contribution is 2.42. The second-order valence-electron chi connectivity index (χ2n) is 6.22. The molecule has 0 aromatic carbocycles. The van der Waals surface area contributed by atoms with Crippen molar-refractivity contribution >= 4 is 0 Å². The molecule has 3 rings (SSSR count). The minimum absolute atomic E-state index is 0.0972. The minimum atomic E-state index is -0.0972. The van der Waals surface area contributed by atoms with Crippen LogP contribution in [0.4, 0.5) is 0 Å². The van der Waals surface area contributed by atoms with Crippen LogP contribution in [0.3, 0.4) is 0 Å². The van der Waals surface area contributed by atoms with E-state index in [1.54, 1.807) is 0 Å². The number of hydrogen-bond acceptors (Lipinski definition) is 3. The average Bonchev–Trinajstić information content (AvgIpc) is 2.89. The van der Waals surface area contributed by atoms with Crippen molar-refractivity contribution in [3.05, 3.63) is 0 Å². The Morgan fingerprint density at radius 1 is 1.12 bits per heavy atom. The van der Waals surface area contributed by atoms with Gasteiger partial charge >= 0.3 is 0 Å². The lowest BCUT2D eigenvalue weighted by atomic mass is 9.83. The molecule has 1 N–H and O–H groups in total. The Balaban J connectivity index is 1.50. The Hall–Kier alpha value is -0.120. The molecule has 0 amide bonds. The standard InChI is InChI=1S/C14H25NO2/c16-12-5-9-15(10-12)11-13-4-8-14(17-13)6-2-1-3-7-14/h12-13,16H,1-11H2/t12-,13?/m0/s1. The molecule has 3 heteroatoms. The van der Waals surface area contributed by atoms with Crippen LogP contribution in [0.2, 0.25) is 0 Å². The molecule has 3 nitrogen and oxygen atoms in total. The SMILES string of the molecule is O[C@H]1CCN(CC2CCC3(CCCCC3)O2)C1. The van der Waals surface area contributed by atoms with Gasteiger partial charge in [-0.05, 0) is 32.1 Å². The largest absolute Gasteiger partial charge is 0.392 e. The molecule has 1 saturated carbocycles. The maximum atomic E-state index is 9.53. The van der Waals surface area contributed by atoms with Gasteiger partial charge in [-0.3, -0.25) is 4.90 Å². The molecule has 2 saturated heterocycles. The normalized spacial score (nSPS) is 37.9. The quantitative estimate of drug-likeness (QED) is 0.799. The van der Waals surface area contributed by atoms with E-state index in [4.69, 9.17) is 4.74 Å². The molecule has 1 aliphatic carbocycles. The van der Waals surface area contributed by atoms with Crippen LogP contribution in [-0.4, -0.2) is 47.4 Å². The van der Waals surface area contributed by atoms with Gasteiger partial charge in [-0.15, -0.1) is 0 Å². The third kappa shape index (κ3) is 2.67. The summed E-state index contributed by atoms with van der Waals surface area (Å²) in [6, 6.07) is 0. The molecule has 2 atom stereocenters. The van der Waals surface area contributed by atoms with E-state index in [-0.39, 0.29) is 11.7 Å². The van der Waals surface area contributed by atoms with Crippen molar-refractivity contribution in [1.29, 1.82) is 0 Å². The van der Waals surface area contributed by atoms with Crippen LogP contribution in [0.25, 0.3) is 0 Å². The van der Waals surface area contributed by atoms with Gasteiger partial charge in [0.25, 0.3) is 0 Å². The Bertz CT molecular complexity index is 263. The second-order valence-corrected chi connectivity index (χ2v) is 6.22. The van der Waals surface area contributed by atoms with Gasteiger partial charge in [0.1, 0.15) is 0 Å². The van der Waals surface area contributed by atoms with E-state index in [2.05, 4.69) is 4.90 Å². The Morgan fingerprint density at radius 2 is 1.94 bits per heavy atom. The van der Waals surface area contributed by atoms with Gasteiger partial charge in [0, 0.05) is 19.6 Å². The van der Waals surface area contributed by atoms with Gasteiger partial charge in [0.2, 0.25) is 0 Å². The van der Waals surface area contributed by atoms with E-state index in [1.165, 1.54) is 44.9 Å². The first-order valence-corrected chi connectivity index (χ1v) is 7.34. The summed E-state index contributed by atoms with van der Waals surface area (Å²) in [6.07, 6.45) is 10.5. The summed E-state index contributed by atoms with van der Waals surface area (Å²) in [4.78, 5) is 2.37. The molecule has 1 unspecified atom stereocenters. The number of rotatable bonds is 2. The van der Waals surface area contributed by atoms with Crippen LogP contribution in [0, 0.1) is 0 Å². The van der Waals surface area contributed by atoms with E-state index >= 15 is 0 Å². The van der Waals surface area contributed by atoms with Crippen LogP contribution < -0.4 is 0 Å². The zero-order valence-corrected chi connectivity index (χ0v) is 10.7. The van der Waals surface area contributed by atoms with Crippen molar-refractivity contribution in [3.63, 3.8) is 0 Å². The van der Waals surface area contributed by atoms with E-state index in [0.717, 1.165) is 26.1 Å². The van der Waals surface area contributed by atoms with Crippen LogP contribution in [0.15, 0.2) is 0 Å². The monoisotopic (exact) mass is 239 g/mol. The van der Waals surface area contributed by atoms with E-state index in [1.807, 2.05) is 0 Å². The molecule has 2 aliphatic heterocycles. The van der Waals surface area contributed by atoms with Crippen molar-refractivity contribution in [2.24, 2.45) is 0 Å². The molecule has 2 heterocycles. The summed E-state index contributed by atoms with van der Waals surface area (Å²) < 4.78 is 6.36. The first kappa shape index (κ1) is 11.9. The van der Waals surface area contributed by atoms with Gasteiger partial charge in [0.05, 0.1) is 17.8 Å². The van der Waals surface area contributed by atoms with Crippen LogP contribution >= 0.6 is 0 Å². The van der Waals surface area contributed by atoms with Crippen molar-refractivity contribution < 1.29 is 9.84 Å². The van der Waals surface area contributed by atoms with Crippen molar-refractivity contribution in [2.75, 3.05) is 19.6 Å². The summed E-state index contributed by atoms with van der Waals surface area (Å²) in [5.41, 5.74) is 0.251. The molecule has 0 aromatic heterocycles. The van der Waals surface area contributed by atoms with Gasteiger partial charge in [-0.2, -0.15) is 0 Å². The third-order valence-corrected chi connectivity index (χ3v) is 4.81. The van der Waals surface area contributed by atoms with Crippen LogP contribution in [-0.2, 0) is 4.74 Å². The van der Waals surface area contributed by atoms with Gasteiger partial charge in [0.15, 0.2) is 0 Å². The summed E-state index contributed by atoms with van der Waals surface area (Å²) in [5, 5.41) is 9.53. The molecule has 98 valence electrons.